The van der Waals surface area contributed by atoms with Crippen molar-refractivity contribution in [1.29, 1.82) is 0 Å². The molecular weight excluding hydrogens is 415 g/mol. The number of nitrogens with zero attached hydrogens (tertiary/aromatic N) is 3. The lowest BCUT2D eigenvalue weighted by molar-refractivity contribution is 0.585. The van der Waals surface area contributed by atoms with Crippen molar-refractivity contribution >= 4 is 29.9 Å². The van der Waals surface area contributed by atoms with Gasteiger partial charge in [0.1, 0.15) is 11.6 Å². The Labute approximate surface area is 151 Å². The van der Waals surface area contributed by atoms with Crippen molar-refractivity contribution in [3.63, 3.8) is 0 Å². The van der Waals surface area contributed by atoms with Crippen LogP contribution in [0.15, 0.2) is 35.5 Å². The molecule has 0 spiro atoms. The standard InChI is InChI=1S/C15H19F2N5.HI/c1-3-18-15(20-10-13-6-7-21-22(13)2)19-9-11-8-12(16)4-5-14(11)17;/h4-8H,3,9-10H2,1-2H3,(H2,18,19,20);1H. The first-order valence-electron chi connectivity index (χ1n) is 7.03. The first-order valence-corrected chi connectivity index (χ1v) is 7.03. The number of hydrogen-bond donors (Lipinski definition) is 2. The first kappa shape index (κ1) is 19.3. The quantitative estimate of drug-likeness (QED) is 0.432. The fraction of sp³-hybridized carbons (Fsp3) is 0.333. The van der Waals surface area contributed by atoms with Gasteiger partial charge < -0.3 is 10.6 Å². The van der Waals surface area contributed by atoms with Crippen LogP contribution >= 0.6 is 24.0 Å². The maximum absolute atomic E-state index is 13.6. The van der Waals surface area contributed by atoms with Crippen molar-refractivity contribution < 1.29 is 8.78 Å². The van der Waals surface area contributed by atoms with Crippen LogP contribution in [0.3, 0.4) is 0 Å². The molecule has 126 valence electrons. The van der Waals surface area contributed by atoms with Crippen molar-refractivity contribution in [1.82, 2.24) is 20.4 Å². The van der Waals surface area contributed by atoms with Gasteiger partial charge in [-0.3, -0.25) is 4.68 Å². The van der Waals surface area contributed by atoms with Crippen LogP contribution < -0.4 is 10.6 Å². The molecule has 2 rings (SSSR count). The van der Waals surface area contributed by atoms with Crippen LogP contribution in [0.5, 0.6) is 0 Å². The Bertz CT molecular complexity index is 657. The van der Waals surface area contributed by atoms with Crippen LogP contribution in [-0.4, -0.2) is 22.3 Å². The summed E-state index contributed by atoms with van der Waals surface area (Å²) in [5.41, 5.74) is 1.21. The average molecular weight is 435 g/mol. The van der Waals surface area contributed by atoms with E-state index in [1.165, 1.54) is 0 Å². The largest absolute Gasteiger partial charge is 0.357 e. The number of aryl methyl sites for hydroxylation is 1. The average Bonchev–Trinajstić information content (AvgIpc) is 2.90. The minimum Gasteiger partial charge on any atom is -0.357 e. The zero-order chi connectivity index (χ0) is 15.9. The van der Waals surface area contributed by atoms with Gasteiger partial charge in [0.2, 0.25) is 0 Å². The summed E-state index contributed by atoms with van der Waals surface area (Å²) in [6.45, 7) is 3.20. The Morgan fingerprint density at radius 1 is 1.26 bits per heavy atom. The molecule has 23 heavy (non-hydrogen) atoms. The molecular formula is C15H20F2IN5. The summed E-state index contributed by atoms with van der Waals surface area (Å²) in [6, 6.07) is 5.25. The molecule has 0 radical (unpaired) electrons. The van der Waals surface area contributed by atoms with E-state index in [9.17, 15) is 8.78 Å². The van der Waals surface area contributed by atoms with Crippen LogP contribution in [0.1, 0.15) is 18.2 Å². The number of halogens is 3. The Morgan fingerprint density at radius 3 is 2.70 bits per heavy atom. The van der Waals surface area contributed by atoms with Gasteiger partial charge >= 0.3 is 0 Å². The maximum atomic E-state index is 13.6. The van der Waals surface area contributed by atoms with Gasteiger partial charge in [0.05, 0.1) is 18.8 Å². The highest BCUT2D eigenvalue weighted by Crippen LogP contribution is 2.10. The van der Waals surface area contributed by atoms with E-state index in [-0.39, 0.29) is 36.1 Å². The highest BCUT2D eigenvalue weighted by molar-refractivity contribution is 14.0. The Balaban J connectivity index is 0.00000264. The number of guanidine groups is 1. The van der Waals surface area contributed by atoms with Gasteiger partial charge in [-0.05, 0) is 31.2 Å². The Kier molecular flexibility index (Phi) is 7.93. The van der Waals surface area contributed by atoms with E-state index in [2.05, 4.69) is 20.7 Å². The third-order valence-electron chi connectivity index (χ3n) is 3.12. The van der Waals surface area contributed by atoms with E-state index in [0.717, 1.165) is 23.9 Å². The van der Waals surface area contributed by atoms with Gasteiger partial charge in [-0.25, -0.2) is 13.8 Å². The van der Waals surface area contributed by atoms with E-state index in [4.69, 9.17) is 0 Å². The van der Waals surface area contributed by atoms with Crippen LogP contribution in [0.25, 0.3) is 0 Å². The predicted octanol–water partition coefficient (Wildman–Crippen LogP) is 2.57. The van der Waals surface area contributed by atoms with Crippen molar-refractivity contribution in [3.05, 3.63) is 53.4 Å². The number of rotatable bonds is 5. The Morgan fingerprint density at radius 2 is 2.04 bits per heavy atom. The summed E-state index contributed by atoms with van der Waals surface area (Å²) < 4.78 is 28.5. The second-order valence-corrected chi connectivity index (χ2v) is 4.73. The number of nitrogens with one attached hydrogen (secondary N) is 2. The molecule has 0 saturated carbocycles. The summed E-state index contributed by atoms with van der Waals surface area (Å²) in [5, 5.41) is 10.3. The normalized spacial score (nSPS) is 11.0. The molecule has 2 aromatic rings. The van der Waals surface area contributed by atoms with E-state index >= 15 is 0 Å². The molecule has 5 nitrogen and oxygen atoms in total. The molecule has 1 aromatic carbocycles. The molecule has 0 bridgehead atoms. The van der Waals surface area contributed by atoms with Crippen molar-refractivity contribution in [2.45, 2.75) is 20.0 Å². The molecule has 0 fully saturated rings. The molecule has 0 unspecified atom stereocenters. The lowest BCUT2D eigenvalue weighted by atomic mass is 10.2. The Hall–Kier alpha value is -1.71. The summed E-state index contributed by atoms with van der Waals surface area (Å²) in [6.07, 6.45) is 1.71. The fourth-order valence-electron chi connectivity index (χ4n) is 1.92. The van der Waals surface area contributed by atoms with Crippen molar-refractivity contribution in [2.24, 2.45) is 12.0 Å². The van der Waals surface area contributed by atoms with E-state index in [0.29, 0.717) is 19.0 Å². The van der Waals surface area contributed by atoms with Gasteiger partial charge in [-0.2, -0.15) is 5.10 Å². The van der Waals surface area contributed by atoms with Crippen LogP contribution in [0, 0.1) is 11.6 Å². The predicted molar refractivity (Wildman–Crippen MR) is 96.6 cm³/mol. The summed E-state index contributed by atoms with van der Waals surface area (Å²) in [7, 11) is 1.85. The SMILES string of the molecule is CCNC(=NCc1cc(F)ccc1F)NCc1ccnn1C.I. The smallest absolute Gasteiger partial charge is 0.191 e. The summed E-state index contributed by atoms with van der Waals surface area (Å²) in [4.78, 5) is 4.27. The molecule has 0 saturated heterocycles. The number of aliphatic imine (C=N–C) groups is 1. The topological polar surface area (TPSA) is 54.2 Å². The number of aromatic nitrogens is 2. The fourth-order valence-corrected chi connectivity index (χ4v) is 1.92. The lowest BCUT2D eigenvalue weighted by Gasteiger charge is -2.11. The molecule has 0 amide bonds. The zero-order valence-electron chi connectivity index (χ0n) is 13.0. The van der Waals surface area contributed by atoms with Crippen molar-refractivity contribution in [2.75, 3.05) is 6.54 Å². The van der Waals surface area contributed by atoms with Crippen LogP contribution in [0.4, 0.5) is 8.78 Å². The molecule has 0 aliphatic carbocycles. The summed E-state index contributed by atoms with van der Waals surface area (Å²) in [5.74, 6) is -0.403. The van der Waals surface area contributed by atoms with E-state index in [1.54, 1.807) is 10.9 Å². The van der Waals surface area contributed by atoms with Gasteiger partial charge in [-0.1, -0.05) is 0 Å². The number of hydrogen-bond acceptors (Lipinski definition) is 2. The van der Waals surface area contributed by atoms with Crippen molar-refractivity contribution in [3.8, 4) is 0 Å². The maximum Gasteiger partial charge on any atom is 0.191 e. The molecule has 1 aromatic heterocycles. The summed E-state index contributed by atoms with van der Waals surface area (Å²) >= 11 is 0. The molecule has 8 heteroatoms. The third kappa shape index (κ3) is 5.77. The minimum atomic E-state index is -0.473. The van der Waals surface area contributed by atoms with Crippen LogP contribution in [0.2, 0.25) is 0 Å². The number of benzene rings is 1. The monoisotopic (exact) mass is 435 g/mol. The third-order valence-corrected chi connectivity index (χ3v) is 3.12. The second kappa shape index (κ2) is 9.43. The van der Waals surface area contributed by atoms with Gasteiger partial charge in [-0.15, -0.1) is 24.0 Å². The molecule has 0 aliphatic rings. The highest BCUT2D eigenvalue weighted by atomic mass is 127. The first-order chi connectivity index (χ1) is 10.6. The molecule has 1 heterocycles. The van der Waals surface area contributed by atoms with E-state index < -0.39 is 11.6 Å². The minimum absolute atomic E-state index is 0. The molecule has 2 N–H and O–H groups in total. The molecule has 0 atom stereocenters. The second-order valence-electron chi connectivity index (χ2n) is 4.73. The van der Waals surface area contributed by atoms with Gasteiger partial charge in [0.25, 0.3) is 0 Å². The highest BCUT2D eigenvalue weighted by Gasteiger charge is 2.05. The zero-order valence-corrected chi connectivity index (χ0v) is 15.3. The molecule has 0 aliphatic heterocycles. The van der Waals surface area contributed by atoms with Crippen LogP contribution in [-0.2, 0) is 20.1 Å². The van der Waals surface area contributed by atoms with Gasteiger partial charge in [0.15, 0.2) is 5.96 Å². The lowest BCUT2D eigenvalue weighted by Crippen LogP contribution is -2.37. The van der Waals surface area contributed by atoms with E-state index in [1.807, 2.05) is 20.0 Å². The van der Waals surface area contributed by atoms with Gasteiger partial charge in [0, 0.05) is 25.4 Å².